The van der Waals surface area contributed by atoms with Gasteiger partial charge in [-0.15, -0.1) is 10.2 Å². The minimum atomic E-state index is -0.895. The fraction of sp³-hybridized carbons (Fsp3) is 0.111. The summed E-state index contributed by atoms with van der Waals surface area (Å²) >= 11 is 0. The molecule has 0 spiro atoms. The number of nitrogens with zero attached hydrogens (tertiary/aromatic N) is 3. The summed E-state index contributed by atoms with van der Waals surface area (Å²) in [5.74, 6) is -2.01. The summed E-state index contributed by atoms with van der Waals surface area (Å²) in [4.78, 5) is 36.0. The number of nitro benzene ring substituents is 1. The van der Waals surface area contributed by atoms with Crippen molar-refractivity contribution in [1.29, 1.82) is 0 Å². The lowest BCUT2D eigenvalue weighted by Crippen LogP contribution is -2.18. The number of para-hydroxylation sites is 2. The SMILES string of the molecule is C=Cc1ccc(C(=O)OC/C(O)=C(\N=Nc2ccc([N+](=O)[O-])cc2OC)C(=O)Nc2ccccc2OC)cc1. The van der Waals surface area contributed by atoms with E-state index in [1.54, 1.807) is 42.5 Å². The summed E-state index contributed by atoms with van der Waals surface area (Å²) in [5, 5.41) is 32.1. The first-order valence-corrected chi connectivity index (χ1v) is 11.3. The molecule has 0 aromatic heterocycles. The van der Waals surface area contributed by atoms with Gasteiger partial charge >= 0.3 is 5.97 Å². The minimum absolute atomic E-state index is 0.00586. The Morgan fingerprint density at radius 1 is 1.05 bits per heavy atom. The third-order valence-corrected chi connectivity index (χ3v) is 5.20. The number of hydrogen-bond donors (Lipinski definition) is 2. The van der Waals surface area contributed by atoms with Gasteiger partial charge in [-0.2, -0.15) is 0 Å². The topological polar surface area (TPSA) is 162 Å². The molecular formula is C27H24N4O8. The van der Waals surface area contributed by atoms with Crippen LogP contribution in [0.2, 0.25) is 0 Å². The number of non-ortho nitro benzene ring substituents is 1. The van der Waals surface area contributed by atoms with Crippen LogP contribution in [0.1, 0.15) is 15.9 Å². The Labute approximate surface area is 223 Å². The molecule has 200 valence electrons. The smallest absolute Gasteiger partial charge is 0.338 e. The number of hydrogen-bond acceptors (Lipinski definition) is 10. The fourth-order valence-electron chi connectivity index (χ4n) is 3.17. The highest BCUT2D eigenvalue weighted by Crippen LogP contribution is 2.32. The largest absolute Gasteiger partial charge is 0.506 e. The molecule has 0 saturated heterocycles. The zero-order valence-electron chi connectivity index (χ0n) is 21.0. The number of aliphatic hydroxyl groups excluding tert-OH is 1. The van der Waals surface area contributed by atoms with Crippen LogP contribution in [-0.2, 0) is 9.53 Å². The number of azo groups is 1. The van der Waals surface area contributed by atoms with Gasteiger partial charge in [-0.05, 0) is 35.9 Å². The molecule has 0 heterocycles. The van der Waals surface area contributed by atoms with Gasteiger partial charge in [-0.25, -0.2) is 4.79 Å². The first-order chi connectivity index (χ1) is 18.8. The van der Waals surface area contributed by atoms with Crippen molar-refractivity contribution in [1.82, 2.24) is 0 Å². The maximum absolute atomic E-state index is 13.1. The fourth-order valence-corrected chi connectivity index (χ4v) is 3.17. The number of rotatable bonds is 11. The van der Waals surface area contributed by atoms with Gasteiger partial charge in [0.05, 0.1) is 36.5 Å². The van der Waals surface area contributed by atoms with Gasteiger partial charge in [0, 0.05) is 6.07 Å². The van der Waals surface area contributed by atoms with Crippen molar-refractivity contribution >= 4 is 35.0 Å². The molecule has 0 atom stereocenters. The van der Waals surface area contributed by atoms with Gasteiger partial charge in [0.15, 0.2) is 23.8 Å². The zero-order valence-corrected chi connectivity index (χ0v) is 21.0. The molecule has 0 aliphatic carbocycles. The zero-order chi connectivity index (χ0) is 28.4. The maximum atomic E-state index is 13.1. The predicted octanol–water partition coefficient (Wildman–Crippen LogP) is 5.60. The molecule has 0 unspecified atom stereocenters. The summed E-state index contributed by atoms with van der Waals surface area (Å²) in [6, 6.07) is 16.5. The summed E-state index contributed by atoms with van der Waals surface area (Å²) in [5.41, 5.74) is 0.496. The van der Waals surface area contributed by atoms with Crippen molar-refractivity contribution in [2.24, 2.45) is 10.2 Å². The van der Waals surface area contributed by atoms with E-state index in [4.69, 9.17) is 14.2 Å². The molecule has 12 nitrogen and oxygen atoms in total. The molecule has 0 saturated carbocycles. The van der Waals surface area contributed by atoms with Crippen LogP contribution < -0.4 is 14.8 Å². The predicted molar refractivity (Wildman–Crippen MR) is 142 cm³/mol. The first-order valence-electron chi connectivity index (χ1n) is 11.3. The highest BCUT2D eigenvalue weighted by molar-refractivity contribution is 6.04. The third-order valence-electron chi connectivity index (χ3n) is 5.20. The van der Waals surface area contributed by atoms with Crippen LogP contribution in [0.5, 0.6) is 11.5 Å². The molecule has 0 aliphatic heterocycles. The molecule has 12 heteroatoms. The van der Waals surface area contributed by atoms with E-state index in [-0.39, 0.29) is 28.4 Å². The van der Waals surface area contributed by atoms with Gasteiger partial charge in [-0.3, -0.25) is 14.9 Å². The average Bonchev–Trinajstić information content (AvgIpc) is 2.96. The quantitative estimate of drug-likeness (QED) is 0.0805. The highest BCUT2D eigenvalue weighted by atomic mass is 16.6. The number of esters is 1. The number of nitro groups is 1. The van der Waals surface area contributed by atoms with Crippen molar-refractivity contribution in [2.75, 3.05) is 26.1 Å². The van der Waals surface area contributed by atoms with E-state index in [0.29, 0.717) is 5.75 Å². The molecule has 0 radical (unpaired) electrons. The number of ether oxygens (including phenoxy) is 3. The van der Waals surface area contributed by atoms with E-state index in [2.05, 4.69) is 22.1 Å². The van der Waals surface area contributed by atoms with E-state index in [1.165, 1.54) is 38.5 Å². The van der Waals surface area contributed by atoms with E-state index in [0.717, 1.165) is 11.6 Å². The van der Waals surface area contributed by atoms with Gasteiger partial charge in [0.25, 0.3) is 11.6 Å². The second kappa shape index (κ2) is 13.1. The van der Waals surface area contributed by atoms with Crippen LogP contribution >= 0.6 is 0 Å². The van der Waals surface area contributed by atoms with Crippen LogP contribution in [-0.4, -0.2) is 42.7 Å². The Bertz CT molecular complexity index is 1450. The van der Waals surface area contributed by atoms with Crippen LogP contribution in [0.25, 0.3) is 6.08 Å². The van der Waals surface area contributed by atoms with Crippen molar-refractivity contribution in [3.63, 3.8) is 0 Å². The van der Waals surface area contributed by atoms with Crippen molar-refractivity contribution in [3.8, 4) is 11.5 Å². The molecular weight excluding hydrogens is 508 g/mol. The average molecular weight is 533 g/mol. The second-order valence-corrected chi connectivity index (χ2v) is 7.67. The number of nitrogens with one attached hydrogen (secondary N) is 1. The van der Waals surface area contributed by atoms with E-state index in [9.17, 15) is 24.8 Å². The Morgan fingerprint density at radius 3 is 2.38 bits per heavy atom. The number of carbonyl (C=O) groups is 2. The minimum Gasteiger partial charge on any atom is -0.506 e. The van der Waals surface area contributed by atoms with Crippen LogP contribution in [0.3, 0.4) is 0 Å². The van der Waals surface area contributed by atoms with E-state index >= 15 is 0 Å². The molecule has 3 rings (SSSR count). The normalized spacial score (nSPS) is 11.3. The standard InChI is InChI=1S/C27H24N4O8/c1-4-17-9-11-18(12-10-17)27(34)39-16-22(32)25(26(33)28-20-7-5-6-8-23(20)37-2)30-29-21-14-13-19(31(35)36)15-24(21)38-3/h4-15,32H,1,16H2,2-3H3,(H,28,33)/b25-22+,30-29?. The van der Waals surface area contributed by atoms with Gasteiger partial charge < -0.3 is 24.6 Å². The van der Waals surface area contributed by atoms with E-state index in [1.807, 2.05) is 0 Å². The Kier molecular flexibility index (Phi) is 9.46. The van der Waals surface area contributed by atoms with Gasteiger partial charge in [0.2, 0.25) is 0 Å². The van der Waals surface area contributed by atoms with Crippen molar-refractivity contribution in [2.45, 2.75) is 0 Å². The monoisotopic (exact) mass is 532 g/mol. The lowest BCUT2D eigenvalue weighted by Gasteiger charge is -2.11. The summed E-state index contributed by atoms with van der Waals surface area (Å²) < 4.78 is 15.5. The lowest BCUT2D eigenvalue weighted by atomic mass is 10.1. The number of aliphatic hydroxyl groups is 1. The number of benzene rings is 3. The van der Waals surface area contributed by atoms with Crippen LogP contribution in [0.15, 0.2) is 95.0 Å². The summed E-state index contributed by atoms with van der Waals surface area (Å²) in [6.45, 7) is 2.94. The van der Waals surface area contributed by atoms with Crippen molar-refractivity contribution < 1.29 is 33.8 Å². The summed E-state index contributed by atoms with van der Waals surface area (Å²) in [7, 11) is 2.70. The molecule has 1 amide bonds. The molecule has 0 fully saturated rings. The lowest BCUT2D eigenvalue weighted by molar-refractivity contribution is -0.384. The van der Waals surface area contributed by atoms with Gasteiger partial charge in [-0.1, -0.05) is 36.9 Å². The molecule has 39 heavy (non-hydrogen) atoms. The molecule has 3 aromatic rings. The first kappa shape index (κ1) is 28.1. The number of amides is 1. The molecule has 2 N–H and O–H groups in total. The Balaban J connectivity index is 1.92. The Morgan fingerprint density at radius 2 is 1.74 bits per heavy atom. The van der Waals surface area contributed by atoms with Gasteiger partial charge in [0.1, 0.15) is 11.4 Å². The molecule has 3 aromatic carbocycles. The van der Waals surface area contributed by atoms with Crippen LogP contribution in [0, 0.1) is 10.1 Å². The second-order valence-electron chi connectivity index (χ2n) is 7.67. The molecule has 0 bridgehead atoms. The Hall–Kier alpha value is -5.52. The number of methoxy groups -OCH3 is 2. The van der Waals surface area contributed by atoms with Crippen molar-refractivity contribution in [3.05, 3.63) is 106 Å². The molecule has 0 aliphatic rings. The summed E-state index contributed by atoms with van der Waals surface area (Å²) in [6.07, 6.45) is 1.61. The third kappa shape index (κ3) is 7.26. The number of anilines is 1. The number of carbonyl (C=O) groups excluding carboxylic acids is 2. The maximum Gasteiger partial charge on any atom is 0.338 e. The van der Waals surface area contributed by atoms with E-state index < -0.39 is 34.9 Å². The highest BCUT2D eigenvalue weighted by Gasteiger charge is 2.20. The van der Waals surface area contributed by atoms with Crippen LogP contribution in [0.4, 0.5) is 17.1 Å².